The van der Waals surface area contributed by atoms with Crippen molar-refractivity contribution >= 4 is 16.8 Å². The molecule has 3 aromatic rings. The number of hydrogen-bond acceptors (Lipinski definition) is 4. The van der Waals surface area contributed by atoms with Gasteiger partial charge in [0.2, 0.25) is 0 Å². The first kappa shape index (κ1) is 15.0. The van der Waals surface area contributed by atoms with Crippen LogP contribution in [0.3, 0.4) is 0 Å². The average Bonchev–Trinajstić information content (AvgIpc) is 3.20. The molecule has 0 bridgehead atoms. The van der Waals surface area contributed by atoms with E-state index >= 15 is 0 Å². The fourth-order valence-electron chi connectivity index (χ4n) is 2.64. The van der Waals surface area contributed by atoms with E-state index in [9.17, 15) is 4.79 Å². The monoisotopic (exact) mass is 314 g/mol. The molecule has 2 heterocycles. The summed E-state index contributed by atoms with van der Waals surface area (Å²) in [5.74, 6) is 1.89. The number of aromatic nitrogens is 1. The van der Waals surface area contributed by atoms with Gasteiger partial charge in [-0.05, 0) is 30.3 Å². The molecule has 0 fully saturated rings. The smallest absolute Gasteiger partial charge is 0.268 e. The summed E-state index contributed by atoms with van der Waals surface area (Å²) >= 11 is 0. The van der Waals surface area contributed by atoms with Gasteiger partial charge >= 0.3 is 0 Å². The fourth-order valence-corrected chi connectivity index (χ4v) is 2.64. The molecule has 0 spiro atoms. The first-order valence-corrected chi connectivity index (χ1v) is 7.16. The van der Waals surface area contributed by atoms with Crippen LogP contribution in [0, 0.1) is 0 Å². The zero-order valence-corrected chi connectivity index (χ0v) is 13.3. The lowest BCUT2D eigenvalue weighted by Gasteiger charge is -2.09. The Bertz CT molecular complexity index is 834. The Labute approximate surface area is 133 Å². The maximum absolute atomic E-state index is 12.5. The van der Waals surface area contributed by atoms with Crippen LogP contribution in [0.25, 0.3) is 10.9 Å². The van der Waals surface area contributed by atoms with Gasteiger partial charge in [-0.2, -0.15) is 0 Å². The molecule has 0 radical (unpaired) electrons. The topological polar surface area (TPSA) is 65.6 Å². The van der Waals surface area contributed by atoms with Gasteiger partial charge in [0.25, 0.3) is 5.91 Å². The van der Waals surface area contributed by atoms with Crippen molar-refractivity contribution in [3.05, 3.63) is 48.0 Å². The first-order chi connectivity index (χ1) is 11.2. The van der Waals surface area contributed by atoms with Gasteiger partial charge < -0.3 is 23.8 Å². The quantitative estimate of drug-likeness (QED) is 0.786. The number of ether oxygens (including phenoxy) is 2. The Morgan fingerprint density at radius 2 is 1.96 bits per heavy atom. The normalized spacial score (nSPS) is 10.7. The van der Waals surface area contributed by atoms with Gasteiger partial charge in [-0.1, -0.05) is 0 Å². The van der Waals surface area contributed by atoms with Crippen LogP contribution in [-0.4, -0.2) is 24.7 Å². The summed E-state index contributed by atoms with van der Waals surface area (Å²) < 4.78 is 17.8. The number of nitrogens with one attached hydrogen (secondary N) is 1. The Morgan fingerprint density at radius 3 is 2.61 bits per heavy atom. The standard InChI is InChI=1S/C17H18N2O4/c1-19-13(17(20)18-10-11-5-4-8-23-11)9-12-14(21-2)6-7-15(22-3)16(12)19/h4-9H,10H2,1-3H3,(H,18,20). The number of fused-ring (bicyclic) bond motifs is 1. The molecule has 23 heavy (non-hydrogen) atoms. The number of nitrogens with zero attached hydrogens (tertiary/aromatic N) is 1. The van der Waals surface area contributed by atoms with Crippen molar-refractivity contribution in [3.8, 4) is 11.5 Å². The number of hydrogen-bond donors (Lipinski definition) is 1. The third-order valence-corrected chi connectivity index (χ3v) is 3.79. The highest BCUT2D eigenvalue weighted by Gasteiger charge is 2.18. The Morgan fingerprint density at radius 1 is 1.22 bits per heavy atom. The van der Waals surface area contributed by atoms with E-state index in [2.05, 4.69) is 5.32 Å². The van der Waals surface area contributed by atoms with Gasteiger partial charge in [0.1, 0.15) is 23.0 Å². The van der Waals surface area contributed by atoms with Gasteiger partial charge in [-0.25, -0.2) is 0 Å². The highest BCUT2D eigenvalue weighted by molar-refractivity contribution is 6.02. The number of rotatable bonds is 5. The molecule has 1 N–H and O–H groups in total. The van der Waals surface area contributed by atoms with Crippen molar-refractivity contribution in [2.45, 2.75) is 6.54 Å². The molecule has 6 nitrogen and oxygen atoms in total. The van der Waals surface area contributed by atoms with Gasteiger partial charge in [0.15, 0.2) is 0 Å². The minimum absolute atomic E-state index is 0.191. The van der Waals surface area contributed by atoms with E-state index in [1.54, 1.807) is 37.2 Å². The minimum Gasteiger partial charge on any atom is -0.496 e. The lowest BCUT2D eigenvalue weighted by Crippen LogP contribution is -2.24. The SMILES string of the molecule is COc1ccc(OC)c2c1cc(C(=O)NCc1ccco1)n2C. The number of carbonyl (C=O) groups is 1. The third kappa shape index (κ3) is 2.63. The summed E-state index contributed by atoms with van der Waals surface area (Å²) in [7, 11) is 5.03. The molecule has 1 amide bonds. The zero-order valence-electron chi connectivity index (χ0n) is 13.3. The second-order valence-corrected chi connectivity index (χ2v) is 5.08. The van der Waals surface area contributed by atoms with Crippen LogP contribution < -0.4 is 14.8 Å². The maximum Gasteiger partial charge on any atom is 0.268 e. The molecule has 0 saturated carbocycles. The predicted molar refractivity (Wildman–Crippen MR) is 85.9 cm³/mol. The lowest BCUT2D eigenvalue weighted by atomic mass is 10.2. The second kappa shape index (κ2) is 6.08. The molecule has 0 aliphatic carbocycles. The number of carbonyl (C=O) groups excluding carboxylic acids is 1. The Hall–Kier alpha value is -2.89. The summed E-state index contributed by atoms with van der Waals surface area (Å²) in [5.41, 5.74) is 1.34. The largest absolute Gasteiger partial charge is 0.496 e. The van der Waals surface area contributed by atoms with E-state index in [4.69, 9.17) is 13.9 Å². The van der Waals surface area contributed by atoms with Crippen molar-refractivity contribution < 1.29 is 18.7 Å². The van der Waals surface area contributed by atoms with E-state index < -0.39 is 0 Å². The van der Waals surface area contributed by atoms with Gasteiger partial charge in [0.05, 0.1) is 32.5 Å². The summed E-state index contributed by atoms with van der Waals surface area (Å²) in [4.78, 5) is 12.5. The van der Waals surface area contributed by atoms with E-state index in [0.717, 1.165) is 10.9 Å². The molecular weight excluding hydrogens is 296 g/mol. The number of aryl methyl sites for hydroxylation is 1. The molecule has 0 aliphatic rings. The van der Waals surface area contributed by atoms with Crippen LogP contribution in [0.15, 0.2) is 41.0 Å². The van der Waals surface area contributed by atoms with Crippen LogP contribution in [-0.2, 0) is 13.6 Å². The van der Waals surface area contributed by atoms with Gasteiger partial charge in [0, 0.05) is 12.4 Å². The lowest BCUT2D eigenvalue weighted by molar-refractivity contribution is 0.0940. The number of furan rings is 1. The van der Waals surface area contributed by atoms with Gasteiger partial charge in [-0.3, -0.25) is 4.79 Å². The highest BCUT2D eigenvalue weighted by atomic mass is 16.5. The van der Waals surface area contributed by atoms with Crippen molar-refractivity contribution in [1.82, 2.24) is 9.88 Å². The fraction of sp³-hybridized carbons (Fsp3) is 0.235. The number of methoxy groups -OCH3 is 2. The average molecular weight is 314 g/mol. The van der Waals surface area contributed by atoms with Crippen LogP contribution in [0.5, 0.6) is 11.5 Å². The Kier molecular flexibility index (Phi) is 3.97. The van der Waals surface area contributed by atoms with Gasteiger partial charge in [-0.15, -0.1) is 0 Å². The summed E-state index contributed by atoms with van der Waals surface area (Å²) in [6.45, 7) is 0.335. The summed E-state index contributed by atoms with van der Waals surface area (Å²) in [5, 5.41) is 3.67. The summed E-state index contributed by atoms with van der Waals surface area (Å²) in [6.07, 6.45) is 1.58. The van der Waals surface area contributed by atoms with Crippen molar-refractivity contribution in [2.75, 3.05) is 14.2 Å². The highest BCUT2D eigenvalue weighted by Crippen LogP contribution is 2.35. The summed E-state index contributed by atoms with van der Waals surface area (Å²) in [6, 6.07) is 9.05. The molecule has 0 unspecified atom stereocenters. The van der Waals surface area contributed by atoms with Crippen LogP contribution >= 0.6 is 0 Å². The molecular formula is C17H18N2O4. The molecule has 2 aromatic heterocycles. The van der Waals surface area contributed by atoms with Crippen LogP contribution in [0.2, 0.25) is 0 Å². The second-order valence-electron chi connectivity index (χ2n) is 5.08. The van der Waals surface area contributed by atoms with Crippen LogP contribution in [0.1, 0.15) is 16.2 Å². The molecule has 1 aromatic carbocycles. The van der Waals surface area contributed by atoms with E-state index in [1.807, 2.05) is 25.2 Å². The molecule has 0 aliphatic heterocycles. The van der Waals surface area contributed by atoms with Crippen molar-refractivity contribution in [1.29, 1.82) is 0 Å². The first-order valence-electron chi connectivity index (χ1n) is 7.16. The molecule has 6 heteroatoms. The minimum atomic E-state index is -0.191. The number of benzene rings is 1. The van der Waals surface area contributed by atoms with E-state index in [-0.39, 0.29) is 5.91 Å². The maximum atomic E-state index is 12.5. The molecule has 0 saturated heterocycles. The van der Waals surface area contributed by atoms with E-state index in [1.165, 1.54) is 0 Å². The van der Waals surface area contributed by atoms with E-state index in [0.29, 0.717) is 29.5 Å². The predicted octanol–water partition coefficient (Wildman–Crippen LogP) is 2.72. The van der Waals surface area contributed by atoms with Crippen LogP contribution in [0.4, 0.5) is 0 Å². The molecule has 120 valence electrons. The number of amides is 1. The Balaban J connectivity index is 1.97. The molecule has 0 atom stereocenters. The molecule has 3 rings (SSSR count). The van der Waals surface area contributed by atoms with Crippen molar-refractivity contribution in [2.24, 2.45) is 7.05 Å². The third-order valence-electron chi connectivity index (χ3n) is 3.79. The zero-order chi connectivity index (χ0) is 16.4. The van der Waals surface area contributed by atoms with Crippen molar-refractivity contribution in [3.63, 3.8) is 0 Å².